The standard InChI is InChI=1S/C14H24N4O2/c1-2-6-15-12-5-9-19-10-11(12)13-16-14(17-20-13)18-7-3-4-8-18/h11-12,15H,2-10H2,1H3. The van der Waals surface area contributed by atoms with Crippen molar-refractivity contribution < 1.29 is 9.26 Å². The third kappa shape index (κ3) is 2.96. The molecular formula is C14H24N4O2. The highest BCUT2D eigenvalue weighted by atomic mass is 16.5. The highest BCUT2D eigenvalue weighted by Crippen LogP contribution is 2.27. The zero-order valence-electron chi connectivity index (χ0n) is 12.2. The minimum atomic E-state index is 0.180. The van der Waals surface area contributed by atoms with Gasteiger partial charge < -0.3 is 19.5 Å². The first-order chi connectivity index (χ1) is 9.88. The van der Waals surface area contributed by atoms with Gasteiger partial charge in [0.05, 0.1) is 12.5 Å². The van der Waals surface area contributed by atoms with Crippen LogP contribution in [-0.2, 0) is 4.74 Å². The van der Waals surface area contributed by atoms with E-state index in [0.29, 0.717) is 12.6 Å². The predicted molar refractivity (Wildman–Crippen MR) is 76.0 cm³/mol. The lowest BCUT2D eigenvalue weighted by atomic mass is 9.95. The molecule has 3 heterocycles. The smallest absolute Gasteiger partial charge is 0.266 e. The minimum Gasteiger partial charge on any atom is -0.381 e. The van der Waals surface area contributed by atoms with Gasteiger partial charge in [-0.1, -0.05) is 6.92 Å². The average Bonchev–Trinajstić information content (AvgIpc) is 3.15. The van der Waals surface area contributed by atoms with E-state index in [4.69, 9.17) is 9.26 Å². The number of hydrogen-bond acceptors (Lipinski definition) is 6. The van der Waals surface area contributed by atoms with Gasteiger partial charge in [-0.15, -0.1) is 0 Å². The lowest BCUT2D eigenvalue weighted by Crippen LogP contribution is -2.41. The van der Waals surface area contributed by atoms with E-state index in [2.05, 4.69) is 27.3 Å². The van der Waals surface area contributed by atoms with Crippen molar-refractivity contribution >= 4 is 5.95 Å². The Balaban J connectivity index is 1.69. The summed E-state index contributed by atoms with van der Waals surface area (Å²) in [6.07, 6.45) is 4.58. The molecule has 0 saturated carbocycles. The quantitative estimate of drug-likeness (QED) is 0.882. The lowest BCUT2D eigenvalue weighted by Gasteiger charge is -2.29. The van der Waals surface area contributed by atoms with E-state index in [1.54, 1.807) is 0 Å². The SMILES string of the molecule is CCCNC1CCOCC1c1nc(N2CCCC2)no1. The van der Waals surface area contributed by atoms with E-state index in [1.165, 1.54) is 12.8 Å². The van der Waals surface area contributed by atoms with Crippen LogP contribution in [0.1, 0.15) is 44.4 Å². The maximum Gasteiger partial charge on any atom is 0.266 e. The Morgan fingerprint density at radius 3 is 3.00 bits per heavy atom. The summed E-state index contributed by atoms with van der Waals surface area (Å²) in [5.74, 6) is 1.65. The number of hydrogen-bond donors (Lipinski definition) is 1. The van der Waals surface area contributed by atoms with E-state index in [1.807, 2.05) is 0 Å². The fourth-order valence-corrected chi connectivity index (χ4v) is 2.98. The van der Waals surface area contributed by atoms with E-state index in [0.717, 1.165) is 50.9 Å². The Hall–Kier alpha value is -1.14. The number of rotatable bonds is 5. The molecule has 6 nitrogen and oxygen atoms in total. The van der Waals surface area contributed by atoms with Crippen molar-refractivity contribution in [1.82, 2.24) is 15.5 Å². The second kappa shape index (κ2) is 6.54. The van der Waals surface area contributed by atoms with Crippen LogP contribution in [0.2, 0.25) is 0 Å². The van der Waals surface area contributed by atoms with Gasteiger partial charge in [-0.2, -0.15) is 4.98 Å². The van der Waals surface area contributed by atoms with Crippen molar-refractivity contribution in [2.75, 3.05) is 37.7 Å². The summed E-state index contributed by atoms with van der Waals surface area (Å²) in [7, 11) is 0. The van der Waals surface area contributed by atoms with Crippen molar-refractivity contribution in [2.45, 2.75) is 44.6 Å². The molecule has 0 bridgehead atoms. The number of nitrogens with one attached hydrogen (secondary N) is 1. The third-order valence-electron chi connectivity index (χ3n) is 4.15. The Kier molecular flexibility index (Phi) is 4.52. The summed E-state index contributed by atoms with van der Waals surface area (Å²) in [6, 6.07) is 0.385. The average molecular weight is 280 g/mol. The topological polar surface area (TPSA) is 63.4 Å². The molecule has 1 aromatic rings. The minimum absolute atomic E-state index is 0.180. The van der Waals surface area contributed by atoms with Gasteiger partial charge in [0.15, 0.2) is 0 Å². The monoisotopic (exact) mass is 280 g/mol. The molecule has 0 spiro atoms. The fraction of sp³-hybridized carbons (Fsp3) is 0.857. The van der Waals surface area contributed by atoms with Crippen molar-refractivity contribution in [2.24, 2.45) is 0 Å². The molecular weight excluding hydrogens is 256 g/mol. The molecule has 2 atom stereocenters. The number of anilines is 1. The molecule has 0 aliphatic carbocycles. The molecule has 1 N–H and O–H groups in total. The van der Waals surface area contributed by atoms with Gasteiger partial charge in [0.1, 0.15) is 0 Å². The van der Waals surface area contributed by atoms with E-state index < -0.39 is 0 Å². The maximum absolute atomic E-state index is 5.60. The second-order valence-electron chi connectivity index (χ2n) is 5.66. The molecule has 2 fully saturated rings. The Morgan fingerprint density at radius 1 is 1.35 bits per heavy atom. The van der Waals surface area contributed by atoms with Crippen LogP contribution in [0.25, 0.3) is 0 Å². The molecule has 0 aromatic carbocycles. The molecule has 112 valence electrons. The lowest BCUT2D eigenvalue weighted by molar-refractivity contribution is 0.0498. The van der Waals surface area contributed by atoms with Crippen molar-refractivity contribution in [3.05, 3.63) is 5.89 Å². The summed E-state index contributed by atoms with van der Waals surface area (Å²) in [5.41, 5.74) is 0. The highest BCUT2D eigenvalue weighted by Gasteiger charge is 2.32. The second-order valence-corrected chi connectivity index (χ2v) is 5.66. The van der Waals surface area contributed by atoms with Crippen LogP contribution >= 0.6 is 0 Å². The highest BCUT2D eigenvalue weighted by molar-refractivity contribution is 5.29. The normalized spacial score (nSPS) is 27.1. The summed E-state index contributed by atoms with van der Waals surface area (Å²) >= 11 is 0. The van der Waals surface area contributed by atoms with Gasteiger partial charge in [0.2, 0.25) is 5.89 Å². The Morgan fingerprint density at radius 2 is 2.20 bits per heavy atom. The van der Waals surface area contributed by atoms with Crippen LogP contribution in [0.4, 0.5) is 5.95 Å². The van der Waals surface area contributed by atoms with E-state index in [9.17, 15) is 0 Å². The van der Waals surface area contributed by atoms with Crippen molar-refractivity contribution in [1.29, 1.82) is 0 Å². The first-order valence-corrected chi connectivity index (χ1v) is 7.78. The van der Waals surface area contributed by atoms with Gasteiger partial charge >= 0.3 is 0 Å². The molecule has 2 unspecified atom stereocenters. The van der Waals surface area contributed by atoms with Crippen LogP contribution in [0.3, 0.4) is 0 Å². The molecule has 3 rings (SSSR count). The molecule has 2 aliphatic heterocycles. The van der Waals surface area contributed by atoms with Gasteiger partial charge in [-0.05, 0) is 37.4 Å². The number of aromatic nitrogens is 2. The third-order valence-corrected chi connectivity index (χ3v) is 4.15. The molecule has 0 radical (unpaired) electrons. The van der Waals surface area contributed by atoms with Gasteiger partial charge in [-0.3, -0.25) is 0 Å². The predicted octanol–water partition coefficient (Wildman–Crippen LogP) is 1.54. The number of ether oxygens (including phenoxy) is 1. The maximum atomic E-state index is 5.60. The summed E-state index contributed by atoms with van der Waals surface area (Å²) in [6.45, 7) is 6.76. The van der Waals surface area contributed by atoms with Gasteiger partial charge in [-0.25, -0.2) is 0 Å². The van der Waals surface area contributed by atoms with Crippen LogP contribution in [0, 0.1) is 0 Å². The van der Waals surface area contributed by atoms with E-state index >= 15 is 0 Å². The van der Waals surface area contributed by atoms with Crippen molar-refractivity contribution in [3.8, 4) is 0 Å². The zero-order chi connectivity index (χ0) is 13.8. The summed E-state index contributed by atoms with van der Waals surface area (Å²) in [4.78, 5) is 6.80. The first-order valence-electron chi connectivity index (χ1n) is 7.78. The molecule has 2 saturated heterocycles. The van der Waals surface area contributed by atoms with E-state index in [-0.39, 0.29) is 5.92 Å². The summed E-state index contributed by atoms with van der Waals surface area (Å²) < 4.78 is 11.1. The molecule has 20 heavy (non-hydrogen) atoms. The largest absolute Gasteiger partial charge is 0.381 e. The number of nitrogens with zero attached hydrogens (tertiary/aromatic N) is 3. The molecule has 2 aliphatic rings. The molecule has 1 aromatic heterocycles. The zero-order valence-corrected chi connectivity index (χ0v) is 12.2. The van der Waals surface area contributed by atoms with Crippen molar-refractivity contribution in [3.63, 3.8) is 0 Å². The van der Waals surface area contributed by atoms with Crippen LogP contribution < -0.4 is 10.2 Å². The Bertz CT molecular complexity index is 417. The Labute approximate surface area is 119 Å². The van der Waals surface area contributed by atoms with Crippen LogP contribution in [0.15, 0.2) is 4.52 Å². The fourth-order valence-electron chi connectivity index (χ4n) is 2.98. The van der Waals surface area contributed by atoms with Crippen LogP contribution in [0.5, 0.6) is 0 Å². The van der Waals surface area contributed by atoms with Crippen LogP contribution in [-0.4, -0.2) is 49.0 Å². The first kappa shape index (κ1) is 13.8. The molecule has 0 amide bonds. The van der Waals surface area contributed by atoms with Gasteiger partial charge in [0, 0.05) is 25.7 Å². The molecule has 6 heteroatoms. The van der Waals surface area contributed by atoms with Gasteiger partial charge in [0.25, 0.3) is 5.95 Å². The summed E-state index contributed by atoms with van der Waals surface area (Å²) in [5, 5.41) is 7.72.